The molecule has 96 valence electrons. The number of esters is 1. The summed E-state index contributed by atoms with van der Waals surface area (Å²) in [5.41, 5.74) is 1.05. The molecule has 0 spiro atoms. The van der Waals surface area contributed by atoms with Crippen LogP contribution in [-0.4, -0.2) is 23.5 Å². The molecule has 0 aliphatic heterocycles. The number of carbonyl (C=O) groups is 2. The topological polar surface area (TPSA) is 68.3 Å². The van der Waals surface area contributed by atoms with Crippen molar-refractivity contribution in [2.24, 2.45) is 0 Å². The van der Waals surface area contributed by atoms with E-state index in [2.05, 4.69) is 15.0 Å². The van der Waals surface area contributed by atoms with Gasteiger partial charge in [-0.1, -0.05) is 0 Å². The fraction of sp³-hybridized carbons (Fsp3) is 0.417. The van der Waals surface area contributed by atoms with Crippen molar-refractivity contribution in [1.29, 1.82) is 0 Å². The van der Waals surface area contributed by atoms with Crippen molar-refractivity contribution in [3.63, 3.8) is 0 Å². The van der Waals surface area contributed by atoms with Crippen LogP contribution in [0, 0.1) is 0 Å². The summed E-state index contributed by atoms with van der Waals surface area (Å²) in [6.07, 6.45) is 4.62. The molecular formula is C12H14N2O3S. The summed E-state index contributed by atoms with van der Waals surface area (Å²) >= 11 is 1.40. The quantitative estimate of drug-likeness (QED) is 0.654. The van der Waals surface area contributed by atoms with Gasteiger partial charge in [-0.05, 0) is 19.8 Å². The predicted molar refractivity (Wildman–Crippen MR) is 68.5 cm³/mol. The van der Waals surface area contributed by atoms with Crippen LogP contribution in [0.4, 0.5) is 5.13 Å². The molecule has 1 N–H and O–H groups in total. The van der Waals surface area contributed by atoms with Gasteiger partial charge < -0.3 is 4.74 Å². The molecule has 1 aromatic heterocycles. The van der Waals surface area contributed by atoms with Crippen molar-refractivity contribution in [2.45, 2.75) is 25.7 Å². The first-order valence-corrected chi connectivity index (χ1v) is 6.68. The van der Waals surface area contributed by atoms with E-state index < -0.39 is 5.97 Å². The zero-order valence-electron chi connectivity index (χ0n) is 10.0. The number of amides is 1. The molecule has 6 heteroatoms. The maximum atomic E-state index is 11.5. The molecule has 1 saturated carbocycles. The van der Waals surface area contributed by atoms with Gasteiger partial charge in [0.2, 0.25) is 5.91 Å². The normalized spacial score (nSPS) is 14.7. The van der Waals surface area contributed by atoms with Crippen molar-refractivity contribution < 1.29 is 14.3 Å². The van der Waals surface area contributed by atoms with Crippen LogP contribution in [0.15, 0.2) is 17.5 Å². The van der Waals surface area contributed by atoms with E-state index in [0.717, 1.165) is 17.8 Å². The van der Waals surface area contributed by atoms with Crippen molar-refractivity contribution in [2.75, 3.05) is 11.9 Å². The van der Waals surface area contributed by atoms with Crippen LogP contribution >= 0.6 is 11.3 Å². The minimum Gasteiger partial charge on any atom is -0.463 e. The van der Waals surface area contributed by atoms with E-state index in [1.807, 2.05) is 5.38 Å². The summed E-state index contributed by atoms with van der Waals surface area (Å²) in [4.78, 5) is 26.8. The number of thiazole rings is 1. The third kappa shape index (κ3) is 3.66. The Hall–Kier alpha value is -1.69. The van der Waals surface area contributed by atoms with E-state index in [1.165, 1.54) is 24.2 Å². The van der Waals surface area contributed by atoms with Gasteiger partial charge in [0.15, 0.2) is 5.13 Å². The van der Waals surface area contributed by atoms with Crippen LogP contribution in [-0.2, 0) is 14.3 Å². The minimum absolute atomic E-state index is 0.294. The van der Waals surface area contributed by atoms with Crippen molar-refractivity contribution in [3.05, 3.63) is 23.2 Å². The number of nitrogens with zero attached hydrogens (tertiary/aromatic N) is 1. The largest absolute Gasteiger partial charge is 0.463 e. The van der Waals surface area contributed by atoms with Gasteiger partial charge in [-0.25, -0.2) is 9.78 Å². The van der Waals surface area contributed by atoms with Gasteiger partial charge in [-0.2, -0.15) is 0 Å². The predicted octanol–water partition coefficient (Wildman–Crippen LogP) is 2.08. The fourth-order valence-electron chi connectivity index (χ4n) is 1.39. The molecule has 0 bridgehead atoms. The first kappa shape index (κ1) is 12.8. The molecule has 1 aliphatic rings. The monoisotopic (exact) mass is 266 g/mol. The van der Waals surface area contributed by atoms with Crippen LogP contribution in [0.3, 0.4) is 0 Å². The van der Waals surface area contributed by atoms with Gasteiger partial charge in [-0.3, -0.25) is 10.1 Å². The average molecular weight is 266 g/mol. The van der Waals surface area contributed by atoms with Gasteiger partial charge in [-0.15, -0.1) is 11.3 Å². The zero-order valence-corrected chi connectivity index (χ0v) is 10.8. The van der Waals surface area contributed by atoms with Gasteiger partial charge >= 0.3 is 5.97 Å². The number of anilines is 1. The maximum Gasteiger partial charge on any atom is 0.330 e. The molecule has 18 heavy (non-hydrogen) atoms. The third-order valence-corrected chi connectivity index (χ3v) is 3.18. The highest BCUT2D eigenvalue weighted by atomic mass is 32.1. The number of nitrogens with one attached hydrogen (secondary N) is 1. The number of aromatic nitrogens is 1. The van der Waals surface area contributed by atoms with E-state index in [1.54, 1.807) is 6.92 Å². The first-order valence-electron chi connectivity index (χ1n) is 5.80. The lowest BCUT2D eigenvalue weighted by atomic mass is 10.3. The summed E-state index contributed by atoms with van der Waals surface area (Å²) in [5.74, 6) is -0.327. The summed E-state index contributed by atoms with van der Waals surface area (Å²) in [6.45, 7) is 2.00. The smallest absolute Gasteiger partial charge is 0.330 e. The lowest BCUT2D eigenvalue weighted by Gasteiger charge is -1.96. The average Bonchev–Trinajstić information content (AvgIpc) is 3.09. The van der Waals surface area contributed by atoms with Crippen LogP contribution < -0.4 is 5.32 Å². The molecule has 1 amide bonds. The Kier molecular flexibility index (Phi) is 4.09. The van der Waals surface area contributed by atoms with E-state index >= 15 is 0 Å². The molecule has 0 saturated heterocycles. The maximum absolute atomic E-state index is 11.5. The highest BCUT2D eigenvalue weighted by Gasteiger charge is 2.26. The van der Waals surface area contributed by atoms with E-state index in [4.69, 9.17) is 0 Å². The molecule has 1 aromatic rings. The van der Waals surface area contributed by atoms with E-state index in [0.29, 0.717) is 17.7 Å². The van der Waals surface area contributed by atoms with Crippen molar-refractivity contribution in [1.82, 2.24) is 4.98 Å². The molecule has 5 nitrogen and oxygen atoms in total. The lowest BCUT2D eigenvalue weighted by molar-refractivity contribution is -0.137. The molecule has 2 rings (SSSR count). The fourth-order valence-corrected chi connectivity index (χ4v) is 2.19. The van der Waals surface area contributed by atoms with Gasteiger partial charge in [0, 0.05) is 23.5 Å². The Morgan fingerprint density at radius 1 is 1.56 bits per heavy atom. The highest BCUT2D eigenvalue weighted by molar-refractivity contribution is 7.14. The Morgan fingerprint density at radius 2 is 2.33 bits per heavy atom. The summed E-state index contributed by atoms with van der Waals surface area (Å²) in [6, 6.07) is 0. The second-order valence-corrected chi connectivity index (χ2v) is 4.78. The molecule has 1 aliphatic carbocycles. The molecule has 0 unspecified atom stereocenters. The molecular weight excluding hydrogens is 252 g/mol. The Bertz CT molecular complexity index is 477. The summed E-state index contributed by atoms with van der Waals surface area (Å²) in [5, 5.41) is 5.14. The second-order valence-electron chi connectivity index (χ2n) is 3.93. The van der Waals surface area contributed by atoms with Gasteiger partial charge in [0.25, 0.3) is 0 Å². The van der Waals surface area contributed by atoms with Crippen LogP contribution in [0.1, 0.15) is 31.4 Å². The number of carbonyl (C=O) groups excluding carboxylic acids is 2. The Labute approximate surface area is 109 Å². The first-order chi connectivity index (χ1) is 8.69. The molecule has 0 atom stereocenters. The van der Waals surface area contributed by atoms with Gasteiger partial charge in [0.05, 0.1) is 12.3 Å². The molecule has 1 fully saturated rings. The highest BCUT2D eigenvalue weighted by Crippen LogP contribution is 2.40. The Morgan fingerprint density at radius 3 is 3.00 bits per heavy atom. The van der Waals surface area contributed by atoms with Gasteiger partial charge in [0.1, 0.15) is 0 Å². The lowest BCUT2D eigenvalue weighted by Crippen LogP contribution is -2.09. The summed E-state index contributed by atoms with van der Waals surface area (Å²) in [7, 11) is 0. The van der Waals surface area contributed by atoms with Crippen LogP contribution in [0.2, 0.25) is 0 Å². The van der Waals surface area contributed by atoms with E-state index in [9.17, 15) is 9.59 Å². The summed E-state index contributed by atoms with van der Waals surface area (Å²) < 4.78 is 4.67. The van der Waals surface area contributed by atoms with Crippen LogP contribution in [0.5, 0.6) is 0 Å². The third-order valence-electron chi connectivity index (χ3n) is 2.41. The van der Waals surface area contributed by atoms with Crippen molar-refractivity contribution in [3.8, 4) is 0 Å². The second kappa shape index (κ2) is 5.77. The Balaban J connectivity index is 1.84. The molecule has 0 radical (unpaired) electrons. The number of hydrogen-bond acceptors (Lipinski definition) is 5. The standard InChI is InChI=1S/C12H14N2O3S/c1-2-17-11(16)6-5-10(15)14-12-13-9(7-18-12)8-3-4-8/h5-8H,2-4H2,1H3,(H,13,14,15)/b6-5+. The SMILES string of the molecule is CCOC(=O)/C=C/C(=O)Nc1nc(C2CC2)cs1. The molecule has 0 aromatic carbocycles. The number of rotatable bonds is 5. The van der Waals surface area contributed by atoms with Crippen molar-refractivity contribution >= 4 is 28.3 Å². The van der Waals surface area contributed by atoms with E-state index in [-0.39, 0.29) is 5.91 Å². The number of hydrogen-bond donors (Lipinski definition) is 1. The molecule has 1 heterocycles. The zero-order chi connectivity index (χ0) is 13.0. The minimum atomic E-state index is -0.523. The number of ether oxygens (including phenoxy) is 1. The van der Waals surface area contributed by atoms with Crippen LogP contribution in [0.25, 0.3) is 0 Å².